The Hall–Kier alpha value is -3.31. The zero-order valence-corrected chi connectivity index (χ0v) is 19.2. The number of carbonyl (C=O) groups is 3. The molecule has 5 rings (SSSR count). The highest BCUT2D eigenvalue weighted by atomic mass is 16.5. The Balaban J connectivity index is 1.26. The number of amides is 2. The highest BCUT2D eigenvalue weighted by Gasteiger charge is 2.52. The Morgan fingerprint density at radius 1 is 1.09 bits per heavy atom. The maximum absolute atomic E-state index is 13.1. The Morgan fingerprint density at radius 3 is 2.54 bits per heavy atom. The van der Waals surface area contributed by atoms with E-state index in [1.807, 2.05) is 12.1 Å². The largest absolute Gasteiger partial charge is 0.489 e. The van der Waals surface area contributed by atoms with Crippen molar-refractivity contribution in [3.05, 3.63) is 64.7 Å². The first kappa shape index (κ1) is 23.4. The molecule has 2 amide bonds. The first-order chi connectivity index (χ1) is 16.8. The maximum Gasteiger partial charge on any atom is 0.263 e. The molecule has 0 aliphatic carbocycles. The number of morpholine rings is 1. The number of aliphatic hydroxyl groups excluding tert-OH is 1. The lowest BCUT2D eigenvalue weighted by Gasteiger charge is -2.40. The van der Waals surface area contributed by atoms with Crippen molar-refractivity contribution in [3.8, 4) is 5.75 Å². The highest BCUT2D eigenvalue weighted by Crippen LogP contribution is 2.36. The van der Waals surface area contributed by atoms with E-state index in [2.05, 4.69) is 22.3 Å². The number of fused-ring (bicyclic) bond motifs is 1. The lowest BCUT2D eigenvalue weighted by atomic mass is 9.95. The smallest absolute Gasteiger partial charge is 0.263 e. The molecule has 10 heteroatoms. The lowest BCUT2D eigenvalue weighted by molar-refractivity contribution is -0.151. The number of nitrogens with one attached hydrogen (secondary N) is 1. The number of carbonyl (C=O) groups excluding carboxylic acids is 3. The molecule has 35 heavy (non-hydrogen) atoms. The molecule has 10 nitrogen and oxygen atoms in total. The second-order valence-corrected chi connectivity index (χ2v) is 9.11. The van der Waals surface area contributed by atoms with Gasteiger partial charge in [-0.15, -0.1) is 0 Å². The first-order valence-corrected chi connectivity index (χ1v) is 11.6. The molecule has 2 unspecified atom stereocenters. The Morgan fingerprint density at radius 2 is 1.80 bits per heavy atom. The van der Waals surface area contributed by atoms with Crippen LogP contribution in [0.3, 0.4) is 0 Å². The normalized spacial score (nSPS) is 24.9. The zero-order chi connectivity index (χ0) is 24.6. The minimum Gasteiger partial charge on any atom is -0.489 e. The molecular weight excluding hydrogens is 452 g/mol. The van der Waals surface area contributed by atoms with E-state index in [0.717, 1.165) is 38.4 Å². The van der Waals surface area contributed by atoms with Gasteiger partial charge in [-0.3, -0.25) is 19.3 Å². The van der Waals surface area contributed by atoms with Crippen LogP contribution in [0.25, 0.3) is 0 Å². The molecule has 3 heterocycles. The number of rotatable bonds is 6. The van der Waals surface area contributed by atoms with Crippen molar-refractivity contribution in [1.29, 1.82) is 0 Å². The van der Waals surface area contributed by atoms with Gasteiger partial charge >= 0.3 is 0 Å². The van der Waals surface area contributed by atoms with E-state index >= 15 is 0 Å². The second-order valence-electron chi connectivity index (χ2n) is 9.11. The Kier molecular flexibility index (Phi) is 6.28. The van der Waals surface area contributed by atoms with Gasteiger partial charge in [0, 0.05) is 30.8 Å². The molecule has 0 aromatic heterocycles. The van der Waals surface area contributed by atoms with E-state index in [-0.39, 0.29) is 6.54 Å². The van der Waals surface area contributed by atoms with Gasteiger partial charge in [0.1, 0.15) is 12.4 Å². The fourth-order valence-electron chi connectivity index (χ4n) is 4.67. The number of piperidine rings is 1. The van der Waals surface area contributed by atoms with Gasteiger partial charge in [-0.2, -0.15) is 0 Å². The van der Waals surface area contributed by atoms with E-state index in [1.165, 1.54) is 10.5 Å². The standard InChI is InChI=1S/C25H28N4O6/c26-25(12-20(30)22(31)27-24(25)33)29-14-19-18(23(29)32)2-1-3-21(19)35-15-17-6-4-16(5-7-17)13-28-8-10-34-11-9-28/h1-7,22,31H,8-15,26H2,(H,27,33). The van der Waals surface area contributed by atoms with Crippen LogP contribution >= 0.6 is 0 Å². The minimum absolute atomic E-state index is 0.0239. The van der Waals surface area contributed by atoms with Crippen molar-refractivity contribution in [2.75, 3.05) is 26.3 Å². The monoisotopic (exact) mass is 480 g/mol. The van der Waals surface area contributed by atoms with Gasteiger partial charge in [0.05, 0.1) is 26.2 Å². The summed E-state index contributed by atoms with van der Waals surface area (Å²) >= 11 is 0. The summed E-state index contributed by atoms with van der Waals surface area (Å²) in [5.41, 5.74) is 7.55. The van der Waals surface area contributed by atoms with Gasteiger partial charge < -0.3 is 30.5 Å². The van der Waals surface area contributed by atoms with Crippen molar-refractivity contribution >= 4 is 17.6 Å². The summed E-state index contributed by atoms with van der Waals surface area (Å²) in [6.45, 7) is 4.60. The average Bonchev–Trinajstić information content (AvgIpc) is 3.21. The predicted octanol–water partition coefficient (Wildman–Crippen LogP) is 0.116. The third-order valence-corrected chi connectivity index (χ3v) is 6.74. The van der Waals surface area contributed by atoms with Crippen LogP contribution in [0.15, 0.2) is 42.5 Å². The van der Waals surface area contributed by atoms with Crippen LogP contribution in [0.4, 0.5) is 0 Å². The average molecular weight is 481 g/mol. The number of Topliss-reactive ketones (excluding diaryl/α,β-unsaturated/α-hetero) is 1. The molecule has 2 fully saturated rings. The molecule has 2 saturated heterocycles. The van der Waals surface area contributed by atoms with Crippen LogP contribution in [0.2, 0.25) is 0 Å². The van der Waals surface area contributed by atoms with E-state index < -0.39 is 35.9 Å². The summed E-state index contributed by atoms with van der Waals surface area (Å²) in [5, 5.41) is 11.8. The summed E-state index contributed by atoms with van der Waals surface area (Å²) in [5.74, 6) is -1.36. The Bertz CT molecular complexity index is 1150. The van der Waals surface area contributed by atoms with Crippen molar-refractivity contribution in [2.24, 2.45) is 5.73 Å². The van der Waals surface area contributed by atoms with Crippen LogP contribution in [0, 0.1) is 0 Å². The van der Waals surface area contributed by atoms with E-state index in [4.69, 9.17) is 15.2 Å². The van der Waals surface area contributed by atoms with Gasteiger partial charge in [0.2, 0.25) is 0 Å². The predicted molar refractivity (Wildman–Crippen MR) is 124 cm³/mol. The van der Waals surface area contributed by atoms with Gasteiger partial charge in [-0.1, -0.05) is 30.3 Å². The fourth-order valence-corrected chi connectivity index (χ4v) is 4.67. The van der Waals surface area contributed by atoms with E-state index in [1.54, 1.807) is 18.2 Å². The number of hydrogen-bond acceptors (Lipinski definition) is 8. The number of aliphatic hydroxyl groups is 1. The van der Waals surface area contributed by atoms with Gasteiger partial charge in [0.15, 0.2) is 17.7 Å². The minimum atomic E-state index is -1.88. The topological polar surface area (TPSA) is 134 Å². The molecule has 3 aliphatic rings. The highest BCUT2D eigenvalue weighted by molar-refractivity contribution is 6.06. The summed E-state index contributed by atoms with van der Waals surface area (Å²) < 4.78 is 11.4. The van der Waals surface area contributed by atoms with Crippen LogP contribution < -0.4 is 15.8 Å². The molecule has 0 saturated carbocycles. The SMILES string of the molecule is NC1(N2Cc3c(OCc4ccc(CN5CCOCC5)cc4)cccc3C2=O)CC(=O)C(O)NC1=O. The van der Waals surface area contributed by atoms with E-state index in [0.29, 0.717) is 23.5 Å². The van der Waals surface area contributed by atoms with Gasteiger partial charge in [-0.05, 0) is 23.3 Å². The first-order valence-electron chi connectivity index (χ1n) is 11.6. The quantitative estimate of drug-likeness (QED) is 0.531. The molecular formula is C25H28N4O6. The second kappa shape index (κ2) is 9.38. The number of hydrogen-bond donors (Lipinski definition) is 3. The summed E-state index contributed by atoms with van der Waals surface area (Å²) in [4.78, 5) is 41.2. The molecule has 4 N–H and O–H groups in total. The number of ether oxygens (including phenoxy) is 2. The molecule has 2 atom stereocenters. The molecule has 3 aliphatic heterocycles. The third kappa shape index (κ3) is 4.53. The number of nitrogens with two attached hydrogens (primary N) is 1. The molecule has 2 aromatic rings. The van der Waals surface area contributed by atoms with Crippen LogP contribution in [0.5, 0.6) is 5.75 Å². The fraction of sp³-hybridized carbons (Fsp3) is 0.400. The molecule has 2 aromatic carbocycles. The summed E-state index contributed by atoms with van der Waals surface area (Å²) in [6.07, 6.45) is -2.08. The molecule has 0 bridgehead atoms. The lowest BCUT2D eigenvalue weighted by Crippen LogP contribution is -2.71. The molecule has 184 valence electrons. The molecule has 0 radical (unpaired) electrons. The number of nitrogens with zero attached hydrogens (tertiary/aromatic N) is 2. The van der Waals surface area contributed by atoms with Gasteiger partial charge in [-0.25, -0.2) is 0 Å². The van der Waals surface area contributed by atoms with Crippen molar-refractivity contribution < 1.29 is 29.0 Å². The number of benzene rings is 2. The van der Waals surface area contributed by atoms with Crippen molar-refractivity contribution in [2.45, 2.75) is 38.0 Å². The van der Waals surface area contributed by atoms with Crippen LogP contribution in [-0.2, 0) is 34.0 Å². The van der Waals surface area contributed by atoms with Gasteiger partial charge in [0.25, 0.3) is 11.8 Å². The third-order valence-electron chi connectivity index (χ3n) is 6.74. The van der Waals surface area contributed by atoms with Crippen molar-refractivity contribution in [1.82, 2.24) is 15.1 Å². The maximum atomic E-state index is 13.1. The Labute approximate surface area is 202 Å². The summed E-state index contributed by atoms with van der Waals surface area (Å²) in [7, 11) is 0. The zero-order valence-electron chi connectivity index (χ0n) is 19.2. The molecule has 0 spiro atoms. The number of ketones is 1. The van der Waals surface area contributed by atoms with Crippen molar-refractivity contribution in [3.63, 3.8) is 0 Å². The summed E-state index contributed by atoms with van der Waals surface area (Å²) in [6, 6.07) is 13.3. The van der Waals surface area contributed by atoms with Crippen LogP contribution in [-0.4, -0.2) is 70.7 Å². The van der Waals surface area contributed by atoms with E-state index in [9.17, 15) is 19.5 Å². The van der Waals surface area contributed by atoms with Crippen LogP contribution in [0.1, 0.15) is 33.5 Å².